The lowest BCUT2D eigenvalue weighted by atomic mass is 10.1. The van der Waals surface area contributed by atoms with E-state index in [2.05, 4.69) is 31.0 Å². The Kier molecular flexibility index (Phi) is 3.89. The molecule has 0 saturated carbocycles. The van der Waals surface area contributed by atoms with Gasteiger partial charge in [-0.25, -0.2) is 9.78 Å². The maximum absolute atomic E-state index is 12.4. The number of pyridine rings is 2. The van der Waals surface area contributed by atoms with Gasteiger partial charge in [0.2, 0.25) is 0 Å². The Morgan fingerprint density at radius 3 is 2.74 bits per heavy atom. The quantitative estimate of drug-likeness (QED) is 0.642. The number of rotatable bonds is 1. The number of ether oxygens (including phenoxy) is 1. The van der Waals surface area contributed by atoms with Crippen molar-refractivity contribution in [2.75, 3.05) is 0 Å². The number of nitrogens with zero attached hydrogens (tertiary/aromatic N) is 4. The van der Waals surface area contributed by atoms with Crippen LogP contribution >= 0.6 is 15.9 Å². The van der Waals surface area contributed by atoms with Gasteiger partial charge in [-0.1, -0.05) is 0 Å². The second-order valence-corrected chi connectivity index (χ2v) is 6.92. The first-order valence-corrected chi connectivity index (χ1v) is 7.82. The maximum Gasteiger partial charge on any atom is 0.437 e. The second-order valence-electron chi connectivity index (χ2n) is 6.01. The summed E-state index contributed by atoms with van der Waals surface area (Å²) in [7, 11) is 0. The molecule has 0 fully saturated rings. The van der Waals surface area contributed by atoms with Crippen molar-refractivity contribution in [2.45, 2.75) is 26.4 Å². The summed E-state index contributed by atoms with van der Waals surface area (Å²) in [4.78, 5) is 20.8. The molecular weight excluding hydrogens is 360 g/mol. The largest absolute Gasteiger partial charge is 0.442 e. The minimum atomic E-state index is -0.612. The molecule has 0 aliphatic carbocycles. The average molecular weight is 375 g/mol. The molecule has 6 nitrogen and oxygen atoms in total. The van der Waals surface area contributed by atoms with Crippen LogP contribution in [0.3, 0.4) is 0 Å². The summed E-state index contributed by atoms with van der Waals surface area (Å²) in [5, 5.41) is 5.15. The van der Waals surface area contributed by atoms with Gasteiger partial charge in [0.1, 0.15) is 11.3 Å². The summed E-state index contributed by atoms with van der Waals surface area (Å²) in [5.41, 5.74) is 1.27. The lowest BCUT2D eigenvalue weighted by molar-refractivity contribution is 0.0522. The molecule has 0 aromatic carbocycles. The maximum atomic E-state index is 12.4. The highest BCUT2D eigenvalue weighted by atomic mass is 79.9. The van der Waals surface area contributed by atoms with Gasteiger partial charge >= 0.3 is 6.09 Å². The van der Waals surface area contributed by atoms with E-state index >= 15 is 0 Å². The fourth-order valence-electron chi connectivity index (χ4n) is 2.12. The van der Waals surface area contributed by atoms with Gasteiger partial charge in [0, 0.05) is 34.0 Å². The average Bonchev–Trinajstić information content (AvgIpc) is 2.85. The first kappa shape index (κ1) is 15.6. The molecule has 0 spiro atoms. The van der Waals surface area contributed by atoms with Crippen molar-refractivity contribution < 1.29 is 9.53 Å². The molecule has 0 N–H and O–H groups in total. The summed E-state index contributed by atoms with van der Waals surface area (Å²) in [6.07, 6.45) is 4.44. The van der Waals surface area contributed by atoms with Gasteiger partial charge in [-0.3, -0.25) is 4.98 Å². The third-order valence-corrected chi connectivity index (χ3v) is 3.42. The molecule has 23 heavy (non-hydrogen) atoms. The van der Waals surface area contributed by atoms with Crippen molar-refractivity contribution in [1.82, 2.24) is 19.7 Å². The molecule has 0 unspecified atom stereocenters. The topological polar surface area (TPSA) is 69.9 Å². The summed E-state index contributed by atoms with van der Waals surface area (Å²) in [6.45, 7) is 5.42. The van der Waals surface area contributed by atoms with Crippen molar-refractivity contribution >= 4 is 33.1 Å². The van der Waals surface area contributed by atoms with Crippen LogP contribution in [-0.2, 0) is 4.74 Å². The summed E-state index contributed by atoms with van der Waals surface area (Å²) >= 11 is 3.40. The van der Waals surface area contributed by atoms with E-state index in [1.807, 2.05) is 39.0 Å². The SMILES string of the molecule is CC(C)(C)OC(=O)n1nc(-c2cccnc2)c2cc(Br)cnc21. The van der Waals surface area contributed by atoms with Crippen LogP contribution in [0.15, 0.2) is 41.3 Å². The standard InChI is InChI=1S/C16H15BrN4O2/c1-16(2,3)23-15(22)21-14-12(7-11(17)9-19-14)13(20-21)10-5-4-6-18-8-10/h4-9H,1-3H3. The summed E-state index contributed by atoms with van der Waals surface area (Å²) in [6, 6.07) is 5.58. The number of hydrogen-bond donors (Lipinski definition) is 0. The van der Waals surface area contributed by atoms with Crippen LogP contribution in [0.2, 0.25) is 0 Å². The fraction of sp³-hybridized carbons (Fsp3) is 0.250. The van der Waals surface area contributed by atoms with Gasteiger partial charge in [0.15, 0.2) is 5.65 Å². The number of carbonyl (C=O) groups is 1. The molecule has 3 rings (SSSR count). The van der Waals surface area contributed by atoms with E-state index in [-0.39, 0.29) is 0 Å². The molecule has 3 aromatic heterocycles. The Balaban J connectivity index is 2.19. The Hall–Kier alpha value is -2.28. The predicted molar refractivity (Wildman–Crippen MR) is 90.1 cm³/mol. The van der Waals surface area contributed by atoms with Crippen LogP contribution in [0.5, 0.6) is 0 Å². The van der Waals surface area contributed by atoms with Gasteiger partial charge in [0.05, 0.1) is 0 Å². The Morgan fingerprint density at radius 1 is 1.30 bits per heavy atom. The van der Waals surface area contributed by atoms with Crippen LogP contribution in [0.25, 0.3) is 22.3 Å². The molecule has 0 amide bonds. The Labute approximate surface area is 141 Å². The second kappa shape index (κ2) is 5.73. The minimum absolute atomic E-state index is 0.446. The van der Waals surface area contributed by atoms with Gasteiger partial charge < -0.3 is 4.74 Å². The highest BCUT2D eigenvalue weighted by Gasteiger charge is 2.23. The number of hydrogen-bond acceptors (Lipinski definition) is 5. The summed E-state index contributed by atoms with van der Waals surface area (Å²) in [5.74, 6) is 0. The molecule has 0 saturated heterocycles. The Morgan fingerprint density at radius 2 is 2.09 bits per heavy atom. The zero-order valence-corrected chi connectivity index (χ0v) is 14.5. The van der Waals surface area contributed by atoms with Crippen LogP contribution in [0.4, 0.5) is 4.79 Å². The van der Waals surface area contributed by atoms with Crippen molar-refractivity contribution in [2.24, 2.45) is 0 Å². The molecule has 7 heteroatoms. The third kappa shape index (κ3) is 3.24. The lowest BCUT2D eigenvalue weighted by Crippen LogP contribution is -2.27. The lowest BCUT2D eigenvalue weighted by Gasteiger charge is -2.18. The van der Waals surface area contributed by atoms with Crippen LogP contribution in [-0.4, -0.2) is 31.4 Å². The van der Waals surface area contributed by atoms with Crippen molar-refractivity contribution in [1.29, 1.82) is 0 Å². The van der Waals surface area contributed by atoms with Crippen molar-refractivity contribution in [3.8, 4) is 11.3 Å². The number of fused-ring (bicyclic) bond motifs is 1. The van der Waals surface area contributed by atoms with Crippen molar-refractivity contribution in [3.05, 3.63) is 41.3 Å². The molecule has 3 heterocycles. The molecule has 0 bridgehead atoms. The van der Waals surface area contributed by atoms with Gasteiger partial charge in [-0.15, -0.1) is 4.68 Å². The highest BCUT2D eigenvalue weighted by molar-refractivity contribution is 9.10. The van der Waals surface area contributed by atoms with Gasteiger partial charge in [-0.2, -0.15) is 5.10 Å². The van der Waals surface area contributed by atoms with Gasteiger partial charge in [-0.05, 0) is 54.9 Å². The minimum Gasteiger partial charge on any atom is -0.442 e. The highest BCUT2D eigenvalue weighted by Crippen LogP contribution is 2.28. The monoisotopic (exact) mass is 374 g/mol. The fourth-order valence-corrected chi connectivity index (χ4v) is 2.46. The van der Waals surface area contributed by atoms with Crippen molar-refractivity contribution in [3.63, 3.8) is 0 Å². The molecule has 3 aromatic rings. The van der Waals surface area contributed by atoms with E-state index in [0.717, 1.165) is 15.4 Å². The number of carbonyl (C=O) groups excluding carboxylic acids is 1. The smallest absolute Gasteiger partial charge is 0.437 e. The van der Waals surface area contributed by atoms with E-state index in [1.54, 1.807) is 18.6 Å². The predicted octanol–water partition coefficient (Wildman–Crippen LogP) is 4.04. The molecule has 0 aliphatic heterocycles. The molecular formula is C16H15BrN4O2. The molecule has 0 atom stereocenters. The first-order valence-electron chi connectivity index (χ1n) is 7.03. The van der Waals surface area contributed by atoms with Crippen LogP contribution < -0.4 is 0 Å². The third-order valence-electron chi connectivity index (χ3n) is 2.99. The van der Waals surface area contributed by atoms with E-state index in [1.165, 1.54) is 4.68 Å². The number of aromatic nitrogens is 4. The van der Waals surface area contributed by atoms with E-state index in [0.29, 0.717) is 11.3 Å². The van der Waals surface area contributed by atoms with Crippen LogP contribution in [0, 0.1) is 0 Å². The van der Waals surface area contributed by atoms with E-state index < -0.39 is 11.7 Å². The number of halogens is 1. The molecule has 0 aliphatic rings. The van der Waals surface area contributed by atoms with E-state index in [9.17, 15) is 4.79 Å². The Bertz CT molecular complexity index is 869. The van der Waals surface area contributed by atoms with Gasteiger partial charge in [0.25, 0.3) is 0 Å². The first-order chi connectivity index (χ1) is 10.8. The summed E-state index contributed by atoms with van der Waals surface area (Å²) < 4.78 is 7.40. The zero-order chi connectivity index (χ0) is 16.6. The van der Waals surface area contributed by atoms with E-state index in [4.69, 9.17) is 4.74 Å². The zero-order valence-electron chi connectivity index (χ0n) is 12.9. The molecule has 0 radical (unpaired) electrons. The molecule has 118 valence electrons. The normalized spacial score (nSPS) is 11.7. The van der Waals surface area contributed by atoms with Crippen LogP contribution in [0.1, 0.15) is 20.8 Å².